The van der Waals surface area contributed by atoms with Crippen LogP contribution >= 0.6 is 0 Å². The Hall–Kier alpha value is -4.02. The number of nitrogens with one attached hydrogen (secondary N) is 1. The molecule has 1 fully saturated rings. The zero-order chi connectivity index (χ0) is 26.3. The first kappa shape index (κ1) is 24.1. The van der Waals surface area contributed by atoms with E-state index in [4.69, 9.17) is 9.47 Å². The van der Waals surface area contributed by atoms with E-state index >= 15 is 0 Å². The van der Waals surface area contributed by atoms with Crippen molar-refractivity contribution in [1.82, 2.24) is 4.90 Å². The Kier molecular flexibility index (Phi) is 6.13. The van der Waals surface area contributed by atoms with Crippen LogP contribution in [0.5, 0.6) is 11.5 Å². The molecule has 196 valence electrons. The van der Waals surface area contributed by atoms with Crippen molar-refractivity contribution in [3.63, 3.8) is 0 Å². The maximum absolute atomic E-state index is 5.77. The molecule has 39 heavy (non-hydrogen) atoms. The predicted octanol–water partition coefficient (Wildman–Crippen LogP) is 7.73. The van der Waals surface area contributed by atoms with Gasteiger partial charge in [-0.15, -0.1) is 0 Å². The van der Waals surface area contributed by atoms with Crippen molar-refractivity contribution in [2.45, 2.75) is 37.9 Å². The van der Waals surface area contributed by atoms with Crippen LogP contribution in [0, 0.1) is 0 Å². The lowest BCUT2D eigenvalue weighted by Crippen LogP contribution is -2.35. The van der Waals surface area contributed by atoms with E-state index in [0.29, 0.717) is 6.04 Å². The molecule has 4 nitrogen and oxygen atoms in total. The first-order chi connectivity index (χ1) is 19.2. The monoisotopic (exact) mass is 514 g/mol. The molecule has 0 radical (unpaired) electrons. The lowest BCUT2D eigenvalue weighted by molar-refractivity contribution is 0.229. The molecule has 4 heteroatoms. The predicted molar refractivity (Wildman–Crippen MR) is 160 cm³/mol. The average molecular weight is 515 g/mol. The fourth-order valence-corrected chi connectivity index (χ4v) is 6.80. The van der Waals surface area contributed by atoms with Crippen LogP contribution in [0.4, 0.5) is 5.69 Å². The van der Waals surface area contributed by atoms with Crippen LogP contribution in [-0.4, -0.2) is 31.7 Å². The summed E-state index contributed by atoms with van der Waals surface area (Å²) >= 11 is 0. The average Bonchev–Trinajstić information content (AvgIpc) is 3.47. The molecule has 0 amide bonds. The molecule has 1 saturated heterocycles. The van der Waals surface area contributed by atoms with Gasteiger partial charge < -0.3 is 14.8 Å². The summed E-state index contributed by atoms with van der Waals surface area (Å²) in [6.45, 7) is 2.20. The smallest absolute Gasteiger partial charge is 0.161 e. The molecule has 0 spiro atoms. The van der Waals surface area contributed by atoms with E-state index in [1.807, 2.05) is 0 Å². The molecular weight excluding hydrogens is 480 g/mol. The Balaban J connectivity index is 1.41. The minimum Gasteiger partial charge on any atom is -0.493 e. The molecule has 5 aromatic rings. The number of ether oxygens (including phenoxy) is 2. The highest BCUT2D eigenvalue weighted by Gasteiger charge is 2.32. The number of rotatable bonds is 6. The summed E-state index contributed by atoms with van der Waals surface area (Å²) in [5.74, 6) is 1.56. The second-order valence-electron chi connectivity index (χ2n) is 10.8. The molecule has 2 aliphatic heterocycles. The van der Waals surface area contributed by atoms with Gasteiger partial charge in [-0.3, -0.25) is 4.90 Å². The Morgan fingerprint density at radius 2 is 1.36 bits per heavy atom. The van der Waals surface area contributed by atoms with Crippen molar-refractivity contribution in [2.75, 3.05) is 26.1 Å². The van der Waals surface area contributed by atoms with Crippen LogP contribution in [0.25, 0.3) is 21.5 Å². The van der Waals surface area contributed by atoms with Gasteiger partial charge in [0.2, 0.25) is 0 Å². The maximum Gasteiger partial charge on any atom is 0.161 e. The number of hydrogen-bond acceptors (Lipinski definition) is 4. The largest absolute Gasteiger partial charge is 0.493 e. The molecule has 0 unspecified atom stereocenters. The summed E-state index contributed by atoms with van der Waals surface area (Å²) in [6, 6.07) is 33.4. The highest BCUT2D eigenvalue weighted by atomic mass is 16.5. The lowest BCUT2D eigenvalue weighted by Gasteiger charge is -2.33. The van der Waals surface area contributed by atoms with E-state index in [1.54, 1.807) is 14.2 Å². The molecule has 0 saturated carbocycles. The molecule has 2 heterocycles. The number of benzene rings is 5. The fraction of sp³-hybridized carbons (Fsp3) is 0.257. The standard InChI is InChI=1S/C35H34N2O2/c1-38-33-20-30-28-18-25(36-35(23-10-5-3-6-11-23)24-12-7-4-8-13-24)15-16-27(28)29-19-26-14-9-17-37(26)22-32(29)31(30)21-34(33)39-2/h3-8,10-13,15-16,18,20-21,26,35-36H,9,14,17,19,22H2,1-2H3/t26-/m0/s1. The third-order valence-electron chi connectivity index (χ3n) is 8.72. The normalized spacial score (nSPS) is 16.8. The van der Waals surface area contributed by atoms with Gasteiger partial charge >= 0.3 is 0 Å². The van der Waals surface area contributed by atoms with Crippen LogP contribution < -0.4 is 14.8 Å². The highest BCUT2D eigenvalue weighted by molar-refractivity contribution is 6.12. The Morgan fingerprint density at radius 3 is 2.03 bits per heavy atom. The van der Waals surface area contributed by atoms with Gasteiger partial charge in [-0.2, -0.15) is 0 Å². The topological polar surface area (TPSA) is 33.7 Å². The minimum absolute atomic E-state index is 0.0513. The van der Waals surface area contributed by atoms with Crippen LogP contribution in [0.3, 0.4) is 0 Å². The van der Waals surface area contributed by atoms with Gasteiger partial charge in [0.05, 0.1) is 20.3 Å². The summed E-state index contributed by atoms with van der Waals surface area (Å²) in [4.78, 5) is 2.67. The molecule has 0 aliphatic carbocycles. The van der Waals surface area contributed by atoms with E-state index < -0.39 is 0 Å². The molecule has 1 N–H and O–H groups in total. The number of fused-ring (bicyclic) bond motifs is 7. The SMILES string of the molecule is COc1cc2c3c(c4ccc(NC(c5ccccc5)c5ccccc5)cc4c2cc1OC)C[C@@H]1CCCN1C3. The van der Waals surface area contributed by atoms with E-state index in [-0.39, 0.29) is 6.04 Å². The fourth-order valence-electron chi connectivity index (χ4n) is 6.80. The molecule has 2 aliphatic rings. The zero-order valence-electron chi connectivity index (χ0n) is 22.6. The van der Waals surface area contributed by atoms with Crippen molar-refractivity contribution in [3.8, 4) is 11.5 Å². The van der Waals surface area contributed by atoms with E-state index in [0.717, 1.165) is 30.2 Å². The van der Waals surface area contributed by atoms with Gasteiger partial charge in [-0.1, -0.05) is 66.7 Å². The van der Waals surface area contributed by atoms with Crippen molar-refractivity contribution < 1.29 is 9.47 Å². The van der Waals surface area contributed by atoms with Gasteiger partial charge in [0.1, 0.15) is 0 Å². The first-order valence-electron chi connectivity index (χ1n) is 14.0. The van der Waals surface area contributed by atoms with Gasteiger partial charge in [0.25, 0.3) is 0 Å². The van der Waals surface area contributed by atoms with Gasteiger partial charge in [-0.05, 0) is 93.9 Å². The quantitative estimate of drug-likeness (QED) is 0.235. The minimum atomic E-state index is 0.0513. The van der Waals surface area contributed by atoms with Crippen molar-refractivity contribution in [2.24, 2.45) is 0 Å². The maximum atomic E-state index is 5.77. The molecular formula is C35H34N2O2. The van der Waals surface area contributed by atoms with E-state index in [9.17, 15) is 0 Å². The highest BCUT2D eigenvalue weighted by Crippen LogP contribution is 2.44. The summed E-state index contributed by atoms with van der Waals surface area (Å²) in [5.41, 5.74) is 6.54. The third kappa shape index (κ3) is 4.20. The Labute approximate surface area is 230 Å². The third-order valence-corrected chi connectivity index (χ3v) is 8.72. The summed E-state index contributed by atoms with van der Waals surface area (Å²) in [6.07, 6.45) is 3.69. The molecule has 0 aromatic heterocycles. The summed E-state index contributed by atoms with van der Waals surface area (Å²) < 4.78 is 11.5. The first-order valence-corrected chi connectivity index (χ1v) is 14.0. The van der Waals surface area contributed by atoms with Crippen LogP contribution in [-0.2, 0) is 13.0 Å². The second kappa shape index (κ2) is 9.94. The van der Waals surface area contributed by atoms with Crippen molar-refractivity contribution >= 4 is 27.2 Å². The van der Waals surface area contributed by atoms with Gasteiger partial charge in [0.15, 0.2) is 11.5 Å². The zero-order valence-corrected chi connectivity index (χ0v) is 22.6. The molecule has 0 bridgehead atoms. The van der Waals surface area contributed by atoms with Crippen LogP contribution in [0.1, 0.15) is 41.1 Å². The number of methoxy groups -OCH3 is 2. The van der Waals surface area contributed by atoms with Gasteiger partial charge in [0, 0.05) is 18.3 Å². The Bertz CT molecular complexity index is 1610. The Morgan fingerprint density at radius 1 is 0.718 bits per heavy atom. The van der Waals surface area contributed by atoms with Crippen molar-refractivity contribution in [3.05, 3.63) is 113 Å². The summed E-state index contributed by atoms with van der Waals surface area (Å²) in [5, 5.41) is 9.00. The number of anilines is 1. The summed E-state index contributed by atoms with van der Waals surface area (Å²) in [7, 11) is 3.44. The number of nitrogens with zero attached hydrogens (tertiary/aromatic N) is 1. The second-order valence-corrected chi connectivity index (χ2v) is 10.8. The molecule has 1 atom stereocenters. The van der Waals surface area contributed by atoms with Crippen LogP contribution in [0.15, 0.2) is 91.0 Å². The molecule has 7 rings (SSSR count). The number of hydrogen-bond donors (Lipinski definition) is 1. The lowest BCUT2D eigenvalue weighted by atomic mass is 9.85. The van der Waals surface area contributed by atoms with E-state index in [2.05, 4.69) is 101 Å². The van der Waals surface area contributed by atoms with Crippen molar-refractivity contribution in [1.29, 1.82) is 0 Å². The van der Waals surface area contributed by atoms with Gasteiger partial charge in [-0.25, -0.2) is 0 Å². The van der Waals surface area contributed by atoms with E-state index in [1.165, 1.54) is 63.2 Å². The molecule has 5 aromatic carbocycles. The van der Waals surface area contributed by atoms with Crippen LogP contribution in [0.2, 0.25) is 0 Å².